The lowest BCUT2D eigenvalue weighted by Crippen LogP contribution is -2.50. The number of aryl methyl sites for hydroxylation is 1. The number of rotatable bonds is 6. The number of nitrogens with one attached hydrogen (secondary N) is 1. The molecule has 39 heavy (non-hydrogen) atoms. The van der Waals surface area contributed by atoms with Crippen LogP contribution in [0.15, 0.2) is 52.6 Å². The number of carbonyl (C=O) groups excluding carboxylic acids is 1. The quantitative estimate of drug-likeness (QED) is 0.320. The number of hydrogen-bond donors (Lipinski definition) is 1. The van der Waals surface area contributed by atoms with Gasteiger partial charge in [0.25, 0.3) is 0 Å². The van der Waals surface area contributed by atoms with Crippen LogP contribution in [0.2, 0.25) is 0 Å². The number of fused-ring (bicyclic) bond motifs is 1. The second-order valence-electron chi connectivity index (χ2n) is 10.9. The smallest absolute Gasteiger partial charge is 0.321 e. The van der Waals surface area contributed by atoms with E-state index in [1.165, 1.54) is 5.56 Å². The highest BCUT2D eigenvalue weighted by molar-refractivity contribution is 5.89. The average molecular weight is 534 g/mol. The van der Waals surface area contributed by atoms with E-state index in [-0.39, 0.29) is 17.6 Å². The maximum atomic E-state index is 12.5. The summed E-state index contributed by atoms with van der Waals surface area (Å²) >= 11 is 0. The summed E-state index contributed by atoms with van der Waals surface area (Å²) in [6, 6.07) is 14.4. The molecule has 2 fully saturated rings. The maximum Gasteiger partial charge on any atom is 0.321 e. The largest absolute Gasteiger partial charge is 0.487 e. The van der Waals surface area contributed by atoms with Crippen molar-refractivity contribution < 1.29 is 19.1 Å². The zero-order chi connectivity index (χ0) is 27.2. The number of ether oxygens (including phenoxy) is 2. The van der Waals surface area contributed by atoms with Crippen molar-refractivity contribution in [3.05, 3.63) is 48.0 Å². The molecule has 2 amide bonds. The molecular weight excluding hydrogens is 494 g/mol. The third-order valence-electron chi connectivity index (χ3n) is 7.85. The number of benzene rings is 2. The van der Waals surface area contributed by atoms with Gasteiger partial charge >= 0.3 is 6.03 Å². The van der Waals surface area contributed by atoms with Crippen molar-refractivity contribution in [2.45, 2.75) is 45.1 Å². The van der Waals surface area contributed by atoms with Gasteiger partial charge in [0, 0.05) is 37.8 Å². The maximum absolute atomic E-state index is 12.5. The van der Waals surface area contributed by atoms with Gasteiger partial charge in [-0.25, -0.2) is 9.79 Å². The van der Waals surface area contributed by atoms with Gasteiger partial charge in [-0.2, -0.15) is 0 Å². The van der Waals surface area contributed by atoms with E-state index in [0.717, 1.165) is 61.3 Å². The first-order valence-electron chi connectivity index (χ1n) is 13.9. The molecule has 2 aromatic rings. The molecule has 0 radical (unpaired) electrons. The van der Waals surface area contributed by atoms with E-state index in [0.29, 0.717) is 38.9 Å². The van der Waals surface area contributed by atoms with Gasteiger partial charge in [-0.15, -0.1) is 0 Å². The van der Waals surface area contributed by atoms with Crippen molar-refractivity contribution in [1.29, 1.82) is 0 Å². The van der Waals surface area contributed by atoms with Gasteiger partial charge in [-0.05, 0) is 73.4 Å². The molecule has 9 heteroatoms. The monoisotopic (exact) mass is 533 g/mol. The number of anilines is 1. The number of hydrogen-bond acceptors (Lipinski definition) is 6. The lowest BCUT2D eigenvalue weighted by Gasteiger charge is -2.44. The Kier molecular flexibility index (Phi) is 8.47. The van der Waals surface area contributed by atoms with Crippen molar-refractivity contribution in [3.8, 4) is 16.9 Å². The topological polar surface area (TPSA) is 88.0 Å². The Bertz CT molecular complexity index is 1180. The summed E-state index contributed by atoms with van der Waals surface area (Å²) in [4.78, 5) is 26.0. The second-order valence-corrected chi connectivity index (χ2v) is 10.9. The van der Waals surface area contributed by atoms with Crippen LogP contribution < -0.4 is 10.1 Å². The highest BCUT2D eigenvalue weighted by Crippen LogP contribution is 2.40. The van der Waals surface area contributed by atoms with Crippen LogP contribution >= 0.6 is 0 Å². The summed E-state index contributed by atoms with van der Waals surface area (Å²) in [6.07, 6.45) is 3.95. The zero-order valence-electron chi connectivity index (χ0n) is 23.0. The predicted molar refractivity (Wildman–Crippen MR) is 154 cm³/mol. The summed E-state index contributed by atoms with van der Waals surface area (Å²) in [5, 5.41) is 7.12. The van der Waals surface area contributed by atoms with Crippen LogP contribution in [-0.4, -0.2) is 80.1 Å². The summed E-state index contributed by atoms with van der Waals surface area (Å²) < 4.78 is 12.0. The van der Waals surface area contributed by atoms with E-state index in [1.54, 1.807) is 4.90 Å². The molecular formula is C30H39N5O4. The molecule has 2 aromatic carbocycles. The number of aliphatic imine (C=N–C) groups is 1. The number of nitrogens with zero attached hydrogens (tertiary/aromatic N) is 4. The third-order valence-corrected chi connectivity index (χ3v) is 7.85. The number of amides is 2. The predicted octanol–water partition coefficient (Wildman–Crippen LogP) is 5.02. The van der Waals surface area contributed by atoms with Gasteiger partial charge in [0.05, 0.1) is 13.2 Å². The third kappa shape index (κ3) is 6.59. The van der Waals surface area contributed by atoms with E-state index in [9.17, 15) is 4.79 Å². The fourth-order valence-corrected chi connectivity index (χ4v) is 5.35. The lowest BCUT2D eigenvalue weighted by atomic mass is 9.83. The molecule has 0 unspecified atom stereocenters. The van der Waals surface area contributed by atoms with Gasteiger partial charge < -0.3 is 24.5 Å². The molecule has 3 aliphatic rings. The Labute approximate surface area is 230 Å². The van der Waals surface area contributed by atoms with Gasteiger partial charge in [-0.3, -0.25) is 4.90 Å². The fraction of sp³-hybridized carbons (Fsp3) is 0.500. The molecule has 1 spiro atoms. The molecule has 3 aliphatic heterocycles. The lowest BCUT2D eigenvalue weighted by molar-refractivity contribution is -0.0495. The van der Waals surface area contributed by atoms with Crippen LogP contribution in [0.1, 0.15) is 38.7 Å². The van der Waals surface area contributed by atoms with Gasteiger partial charge in [0.1, 0.15) is 11.4 Å². The van der Waals surface area contributed by atoms with Crippen molar-refractivity contribution in [3.63, 3.8) is 0 Å². The van der Waals surface area contributed by atoms with Crippen LogP contribution in [0.5, 0.6) is 5.75 Å². The summed E-state index contributed by atoms with van der Waals surface area (Å²) in [5.74, 6) is 1.81. The zero-order valence-corrected chi connectivity index (χ0v) is 23.0. The van der Waals surface area contributed by atoms with Crippen LogP contribution in [0.3, 0.4) is 0 Å². The first-order valence-corrected chi connectivity index (χ1v) is 13.9. The molecule has 3 heterocycles. The molecule has 0 aliphatic carbocycles. The molecule has 0 bridgehead atoms. The van der Waals surface area contributed by atoms with Crippen LogP contribution in [0.4, 0.5) is 10.5 Å². The second kappa shape index (κ2) is 12.2. The van der Waals surface area contributed by atoms with Crippen molar-refractivity contribution >= 4 is 24.3 Å². The van der Waals surface area contributed by atoms with Crippen molar-refractivity contribution in [1.82, 2.24) is 9.80 Å². The fourth-order valence-electron chi connectivity index (χ4n) is 5.35. The highest BCUT2D eigenvalue weighted by atomic mass is 16.6. The number of amidine groups is 1. The number of morpholine rings is 1. The van der Waals surface area contributed by atoms with Crippen LogP contribution in [0, 0.1) is 5.92 Å². The Morgan fingerprint density at radius 1 is 1.05 bits per heavy atom. The number of urea groups is 1. The van der Waals surface area contributed by atoms with Gasteiger partial charge in [-0.1, -0.05) is 37.2 Å². The molecule has 0 saturated carbocycles. The Balaban J connectivity index is 1.15. The van der Waals surface area contributed by atoms with Gasteiger partial charge in [0.15, 0.2) is 12.6 Å². The average Bonchev–Trinajstić information content (AvgIpc) is 2.97. The summed E-state index contributed by atoms with van der Waals surface area (Å²) in [6.45, 7) is 12.3. The number of piperidine rings is 1. The standard InChI is InChI=1S/C30H39N5O4/c1-22(2)28(31-3)33-38-21-34-14-12-30(13-15-34)11-10-25-20-24(6-9-27(25)39-30)23-4-7-26(8-5-23)32-29(36)35-16-18-37-19-17-35/h4-9,20,22H,3,10-19,21H2,1-2H3,(H,32,36)/b33-28-. The molecule has 208 valence electrons. The molecule has 1 N–H and O–H groups in total. The van der Waals surface area contributed by atoms with E-state index in [1.807, 2.05) is 26.0 Å². The minimum Gasteiger partial charge on any atom is -0.487 e. The highest BCUT2D eigenvalue weighted by Gasteiger charge is 2.39. The number of oxime groups is 1. The van der Waals surface area contributed by atoms with E-state index < -0.39 is 0 Å². The van der Waals surface area contributed by atoms with E-state index in [2.05, 4.69) is 57.4 Å². The first-order chi connectivity index (χ1) is 18.9. The number of carbonyl (C=O) groups is 1. The Morgan fingerprint density at radius 3 is 2.46 bits per heavy atom. The Hall–Kier alpha value is -3.43. The normalized spacial score (nSPS) is 19.4. The molecule has 0 atom stereocenters. The SMILES string of the molecule is C=N/C(=N\OCN1CCC2(CCc3cc(-c4ccc(NC(=O)N5CCOCC5)cc4)ccc3O2)CC1)C(C)C. The van der Waals surface area contributed by atoms with Crippen molar-refractivity contribution in [2.75, 3.05) is 51.4 Å². The minimum absolute atomic E-state index is 0.0805. The van der Waals surface area contributed by atoms with Crippen LogP contribution in [0.25, 0.3) is 11.1 Å². The first kappa shape index (κ1) is 27.1. The molecule has 9 nitrogen and oxygen atoms in total. The van der Waals surface area contributed by atoms with E-state index >= 15 is 0 Å². The number of likely N-dealkylation sites (tertiary alicyclic amines) is 1. The molecule has 0 aromatic heterocycles. The minimum atomic E-state index is -0.111. The Morgan fingerprint density at radius 2 is 1.77 bits per heavy atom. The summed E-state index contributed by atoms with van der Waals surface area (Å²) in [5.41, 5.74) is 4.20. The molecule has 5 rings (SSSR count). The van der Waals surface area contributed by atoms with Crippen molar-refractivity contribution in [2.24, 2.45) is 16.1 Å². The van der Waals surface area contributed by atoms with Gasteiger partial charge in [0.2, 0.25) is 0 Å². The van der Waals surface area contributed by atoms with E-state index in [4.69, 9.17) is 14.3 Å². The van der Waals surface area contributed by atoms with Crippen LogP contribution in [-0.2, 0) is 16.0 Å². The summed E-state index contributed by atoms with van der Waals surface area (Å²) in [7, 11) is 0. The molecule has 2 saturated heterocycles.